The lowest BCUT2D eigenvalue weighted by Gasteiger charge is -2.19. The number of H-pyrrole nitrogens is 1. The molecule has 0 fully saturated rings. The van der Waals surface area contributed by atoms with Crippen LogP contribution in [0.5, 0.6) is 11.5 Å². The van der Waals surface area contributed by atoms with Gasteiger partial charge in [-0.1, -0.05) is 13.8 Å². The van der Waals surface area contributed by atoms with Crippen molar-refractivity contribution in [1.82, 2.24) is 9.55 Å². The summed E-state index contributed by atoms with van der Waals surface area (Å²) >= 11 is 5.36. The van der Waals surface area contributed by atoms with Gasteiger partial charge in [0.15, 0.2) is 16.3 Å². The molecule has 0 spiro atoms. The second-order valence-corrected chi connectivity index (χ2v) is 5.22. The predicted octanol–water partition coefficient (Wildman–Crippen LogP) is 3.43. The molecule has 5 heteroatoms. The molecule has 2 aromatic rings. The largest absolute Gasteiger partial charge is 0.486 e. The van der Waals surface area contributed by atoms with Crippen molar-refractivity contribution in [3.8, 4) is 17.2 Å². The first-order valence-corrected chi connectivity index (χ1v) is 6.78. The summed E-state index contributed by atoms with van der Waals surface area (Å²) in [6, 6.07) is 5.91. The maximum Gasteiger partial charge on any atom is 0.182 e. The third-order valence-electron chi connectivity index (χ3n) is 3.18. The SMILES string of the molecule is CC(C)c1c[nH]c(=S)n1-c1ccc2c(c1)OCCO2. The van der Waals surface area contributed by atoms with Crippen molar-refractivity contribution in [2.45, 2.75) is 19.8 Å². The van der Waals surface area contributed by atoms with Gasteiger partial charge < -0.3 is 14.5 Å². The number of aromatic amines is 1. The smallest absolute Gasteiger partial charge is 0.182 e. The first kappa shape index (κ1) is 12.3. The lowest BCUT2D eigenvalue weighted by molar-refractivity contribution is 0.171. The van der Waals surface area contributed by atoms with E-state index in [9.17, 15) is 0 Å². The molecule has 1 aliphatic heterocycles. The highest BCUT2D eigenvalue weighted by Gasteiger charge is 2.15. The van der Waals surface area contributed by atoms with E-state index in [2.05, 4.69) is 18.8 Å². The molecule has 1 aromatic heterocycles. The number of hydrogen-bond acceptors (Lipinski definition) is 3. The highest BCUT2D eigenvalue weighted by Crippen LogP contribution is 2.33. The van der Waals surface area contributed by atoms with Crippen molar-refractivity contribution >= 4 is 12.2 Å². The van der Waals surface area contributed by atoms with E-state index in [0.29, 0.717) is 23.9 Å². The third-order valence-corrected chi connectivity index (χ3v) is 3.48. The van der Waals surface area contributed by atoms with Crippen molar-refractivity contribution in [2.24, 2.45) is 0 Å². The third kappa shape index (κ3) is 2.14. The summed E-state index contributed by atoms with van der Waals surface area (Å²) in [7, 11) is 0. The van der Waals surface area contributed by atoms with Crippen LogP contribution in [0.3, 0.4) is 0 Å². The molecule has 0 atom stereocenters. The Hall–Kier alpha value is -1.75. The standard InChI is InChI=1S/C14H16N2O2S/c1-9(2)11-8-15-14(19)16(11)10-3-4-12-13(7-10)18-6-5-17-12/h3-4,7-9H,5-6H2,1-2H3,(H,15,19). The summed E-state index contributed by atoms with van der Waals surface area (Å²) in [6.45, 7) is 5.48. The van der Waals surface area contributed by atoms with E-state index >= 15 is 0 Å². The van der Waals surface area contributed by atoms with Gasteiger partial charge in [-0.25, -0.2) is 0 Å². The van der Waals surface area contributed by atoms with Crippen molar-refractivity contribution in [3.63, 3.8) is 0 Å². The lowest BCUT2D eigenvalue weighted by atomic mass is 10.1. The van der Waals surface area contributed by atoms with Crippen LogP contribution >= 0.6 is 12.2 Å². The number of imidazole rings is 1. The van der Waals surface area contributed by atoms with Crippen molar-refractivity contribution < 1.29 is 9.47 Å². The number of nitrogens with one attached hydrogen (secondary N) is 1. The van der Waals surface area contributed by atoms with Crippen LogP contribution in [0.4, 0.5) is 0 Å². The highest BCUT2D eigenvalue weighted by molar-refractivity contribution is 7.71. The molecule has 0 saturated carbocycles. The molecule has 1 aromatic carbocycles. The van der Waals surface area contributed by atoms with Crippen LogP contribution in [0, 0.1) is 4.77 Å². The van der Waals surface area contributed by atoms with Gasteiger partial charge in [0.05, 0.1) is 5.69 Å². The van der Waals surface area contributed by atoms with Gasteiger partial charge in [-0.15, -0.1) is 0 Å². The monoisotopic (exact) mass is 276 g/mol. The van der Waals surface area contributed by atoms with Crippen molar-refractivity contribution in [1.29, 1.82) is 0 Å². The molecule has 1 N–H and O–H groups in total. The molecule has 1 aliphatic rings. The van der Waals surface area contributed by atoms with E-state index in [1.165, 1.54) is 0 Å². The predicted molar refractivity (Wildman–Crippen MR) is 76.0 cm³/mol. The van der Waals surface area contributed by atoms with E-state index < -0.39 is 0 Å². The van der Waals surface area contributed by atoms with Crippen LogP contribution in [0.15, 0.2) is 24.4 Å². The van der Waals surface area contributed by atoms with Gasteiger partial charge in [-0.05, 0) is 30.3 Å². The molecule has 3 rings (SSSR count). The summed E-state index contributed by atoms with van der Waals surface area (Å²) in [5, 5.41) is 0. The van der Waals surface area contributed by atoms with Gasteiger partial charge >= 0.3 is 0 Å². The van der Waals surface area contributed by atoms with Gasteiger partial charge in [0.25, 0.3) is 0 Å². The van der Waals surface area contributed by atoms with Crippen molar-refractivity contribution in [2.75, 3.05) is 13.2 Å². The Labute approximate surface area is 117 Å². The zero-order valence-corrected chi connectivity index (χ0v) is 11.8. The van der Waals surface area contributed by atoms with Crippen LogP contribution in [0.25, 0.3) is 5.69 Å². The molecule has 100 valence electrons. The minimum Gasteiger partial charge on any atom is -0.486 e. The highest BCUT2D eigenvalue weighted by atomic mass is 32.1. The van der Waals surface area contributed by atoms with E-state index in [1.807, 2.05) is 29.0 Å². The fourth-order valence-electron chi connectivity index (χ4n) is 2.24. The van der Waals surface area contributed by atoms with Gasteiger partial charge in [0.2, 0.25) is 0 Å². The molecular weight excluding hydrogens is 260 g/mol. The molecular formula is C14H16N2O2S. The van der Waals surface area contributed by atoms with Gasteiger partial charge in [0.1, 0.15) is 13.2 Å². The lowest BCUT2D eigenvalue weighted by Crippen LogP contribution is -2.15. The molecule has 0 bridgehead atoms. The van der Waals surface area contributed by atoms with E-state index in [0.717, 1.165) is 22.9 Å². The molecule has 0 aliphatic carbocycles. The molecule has 19 heavy (non-hydrogen) atoms. The van der Waals surface area contributed by atoms with E-state index in [4.69, 9.17) is 21.7 Å². The Kier molecular flexibility index (Phi) is 3.06. The minimum absolute atomic E-state index is 0.390. The zero-order valence-electron chi connectivity index (χ0n) is 11.0. The van der Waals surface area contributed by atoms with Crippen LogP contribution in [-0.2, 0) is 0 Å². The normalized spacial score (nSPS) is 13.8. The maximum absolute atomic E-state index is 5.62. The number of benzene rings is 1. The fourth-order valence-corrected chi connectivity index (χ4v) is 2.51. The molecule has 2 heterocycles. The average Bonchev–Trinajstić information content (AvgIpc) is 2.80. The summed E-state index contributed by atoms with van der Waals surface area (Å²) < 4.78 is 13.9. The molecule has 4 nitrogen and oxygen atoms in total. The summed E-state index contributed by atoms with van der Waals surface area (Å²) in [6.07, 6.45) is 1.96. The van der Waals surface area contributed by atoms with E-state index in [1.54, 1.807) is 0 Å². The number of ether oxygens (including phenoxy) is 2. The quantitative estimate of drug-likeness (QED) is 0.854. The van der Waals surface area contributed by atoms with Crippen LogP contribution in [-0.4, -0.2) is 22.8 Å². The zero-order chi connectivity index (χ0) is 13.4. The number of fused-ring (bicyclic) bond motifs is 1. The first-order valence-electron chi connectivity index (χ1n) is 6.37. The summed E-state index contributed by atoms with van der Waals surface area (Å²) in [5.74, 6) is 1.96. The molecule has 0 saturated heterocycles. The number of rotatable bonds is 2. The van der Waals surface area contributed by atoms with Crippen molar-refractivity contribution in [3.05, 3.63) is 34.9 Å². The molecule has 0 amide bonds. The Morgan fingerprint density at radius 1 is 1.21 bits per heavy atom. The average molecular weight is 276 g/mol. The van der Waals surface area contributed by atoms with Crippen LogP contribution in [0.2, 0.25) is 0 Å². The topological polar surface area (TPSA) is 39.2 Å². The Balaban J connectivity index is 2.12. The number of hydrogen-bond donors (Lipinski definition) is 1. The van der Waals surface area contributed by atoms with Gasteiger partial charge in [-0.3, -0.25) is 4.57 Å². The number of aromatic nitrogens is 2. The van der Waals surface area contributed by atoms with Gasteiger partial charge in [0, 0.05) is 18.0 Å². The molecule has 0 unspecified atom stereocenters. The minimum atomic E-state index is 0.390. The summed E-state index contributed by atoms with van der Waals surface area (Å²) in [4.78, 5) is 3.10. The van der Waals surface area contributed by atoms with E-state index in [-0.39, 0.29) is 0 Å². The fraction of sp³-hybridized carbons (Fsp3) is 0.357. The second-order valence-electron chi connectivity index (χ2n) is 4.84. The Bertz CT molecular complexity index is 658. The second kappa shape index (κ2) is 4.74. The first-order chi connectivity index (χ1) is 9.16. The maximum atomic E-state index is 5.62. The van der Waals surface area contributed by atoms with Gasteiger partial charge in [-0.2, -0.15) is 0 Å². The Morgan fingerprint density at radius 2 is 1.95 bits per heavy atom. The van der Waals surface area contributed by atoms with Crippen LogP contribution in [0.1, 0.15) is 25.5 Å². The summed E-state index contributed by atoms with van der Waals surface area (Å²) in [5.41, 5.74) is 2.15. The number of nitrogens with zero attached hydrogens (tertiary/aromatic N) is 1. The van der Waals surface area contributed by atoms with Crippen LogP contribution < -0.4 is 9.47 Å². The molecule has 0 radical (unpaired) electrons. The Morgan fingerprint density at radius 3 is 2.68 bits per heavy atom.